The van der Waals surface area contributed by atoms with E-state index in [1.807, 2.05) is 18.2 Å². The highest BCUT2D eigenvalue weighted by molar-refractivity contribution is 5.92. The molecule has 0 saturated heterocycles. The Hall–Kier alpha value is -1.81. The van der Waals surface area contributed by atoms with Crippen molar-refractivity contribution in [2.75, 3.05) is 0 Å². The molecular weight excluding hydrogens is 211 g/mol. The van der Waals surface area contributed by atoms with Crippen molar-refractivity contribution in [3.05, 3.63) is 47.3 Å². The maximum atomic E-state index is 14.0. The number of fused-ring (bicyclic) bond motifs is 1. The molecule has 0 atom stereocenters. The summed E-state index contributed by atoms with van der Waals surface area (Å²) in [4.78, 5) is 0. The maximum absolute atomic E-state index is 14.0. The van der Waals surface area contributed by atoms with Crippen molar-refractivity contribution < 1.29 is 5.76 Å². The van der Waals surface area contributed by atoms with Crippen LogP contribution < -0.4 is 0 Å². The molecule has 0 aliphatic rings. The van der Waals surface area contributed by atoms with Crippen LogP contribution in [0.15, 0.2) is 30.3 Å². The van der Waals surface area contributed by atoms with E-state index in [1.54, 1.807) is 0 Å². The molecule has 2 aromatic rings. The van der Waals surface area contributed by atoms with Gasteiger partial charge < -0.3 is 0 Å². The molecule has 0 nitrogen and oxygen atoms in total. The first-order chi connectivity index (χ1) is 8.36. The zero-order valence-electron chi connectivity index (χ0n) is 11.3. The van der Waals surface area contributed by atoms with E-state index in [4.69, 9.17) is 7.79 Å². The molecule has 0 bridgehead atoms. The first kappa shape index (κ1) is 10.4. The third-order valence-corrected chi connectivity index (χ3v) is 2.87. The van der Waals surface area contributed by atoms with Crippen molar-refractivity contribution in [1.82, 2.24) is 0 Å². The second-order valence-electron chi connectivity index (χ2n) is 5.14. The molecule has 0 heterocycles. The van der Waals surface area contributed by atoms with E-state index in [1.165, 1.54) is 6.07 Å². The molecule has 2 aromatic carbocycles. The predicted molar refractivity (Wildman–Crippen MR) is 70.5 cm³/mol. The zero-order chi connectivity index (χ0) is 13.5. The summed E-state index contributed by atoms with van der Waals surface area (Å²) in [6.45, 7) is 6.19. The number of hydrogen-bond acceptors (Lipinski definition) is 0. The Balaban J connectivity index is 3.01. The largest absolute Gasteiger partial charge is 0.206 e. The number of halogens is 1. The first-order valence-electron chi connectivity index (χ1n) is 6.05. The Morgan fingerprint density at radius 1 is 1.29 bits per heavy atom. The van der Waals surface area contributed by atoms with Crippen LogP contribution in [0.5, 0.6) is 0 Å². The fraction of sp³-hybridized carbons (Fsp3) is 0.250. The minimum atomic E-state index is -0.610. The van der Waals surface area contributed by atoms with Crippen LogP contribution in [-0.2, 0) is 5.41 Å². The minimum absolute atomic E-state index is 0.124. The summed E-state index contributed by atoms with van der Waals surface area (Å²) in [6, 6.07) is 7.12. The standard InChI is InChI=1S/C16H15F/c1-5-12-14(17)10-9-11-7-6-8-13(15(11)12)16(2,3)4/h1,6-10H,2-4H3/i10D. The van der Waals surface area contributed by atoms with Crippen molar-refractivity contribution in [1.29, 1.82) is 0 Å². The van der Waals surface area contributed by atoms with Gasteiger partial charge >= 0.3 is 0 Å². The third-order valence-electron chi connectivity index (χ3n) is 2.87. The van der Waals surface area contributed by atoms with Gasteiger partial charge in [-0.3, -0.25) is 0 Å². The molecule has 0 radical (unpaired) electrons. The van der Waals surface area contributed by atoms with Crippen LogP contribution in [0.3, 0.4) is 0 Å². The molecule has 86 valence electrons. The van der Waals surface area contributed by atoms with Gasteiger partial charge in [-0.2, -0.15) is 0 Å². The summed E-state index contributed by atoms with van der Waals surface area (Å²) in [6.07, 6.45) is 5.42. The fourth-order valence-electron chi connectivity index (χ4n) is 2.05. The van der Waals surface area contributed by atoms with E-state index in [0.29, 0.717) is 0 Å². The molecule has 0 amide bonds. The van der Waals surface area contributed by atoms with Crippen LogP contribution in [0.1, 0.15) is 33.3 Å². The SMILES string of the molecule is [2H]c1cc2cccc(C(C)(C)C)c2c(C#C)c1F. The molecule has 0 aromatic heterocycles. The van der Waals surface area contributed by atoms with Crippen LogP contribution in [0, 0.1) is 18.2 Å². The van der Waals surface area contributed by atoms with Gasteiger partial charge in [0.15, 0.2) is 0 Å². The molecule has 0 aliphatic carbocycles. The summed E-state index contributed by atoms with van der Waals surface area (Å²) in [5.41, 5.74) is 1.08. The molecule has 0 aliphatic heterocycles. The molecule has 2 rings (SSSR count). The Bertz CT molecular complexity index is 657. The fourth-order valence-corrected chi connectivity index (χ4v) is 2.05. The van der Waals surface area contributed by atoms with Gasteiger partial charge in [-0.1, -0.05) is 51.0 Å². The lowest BCUT2D eigenvalue weighted by atomic mass is 9.82. The number of terminal acetylenes is 1. The summed E-state index contributed by atoms with van der Waals surface area (Å²) >= 11 is 0. The average molecular weight is 227 g/mol. The lowest BCUT2D eigenvalue weighted by Gasteiger charge is -2.22. The van der Waals surface area contributed by atoms with Crippen LogP contribution in [0.4, 0.5) is 4.39 Å². The average Bonchev–Trinajstić information content (AvgIpc) is 2.29. The van der Waals surface area contributed by atoms with Crippen molar-refractivity contribution in [2.24, 2.45) is 0 Å². The Kier molecular flexibility index (Phi) is 2.37. The summed E-state index contributed by atoms with van der Waals surface area (Å²) in [5.74, 6) is 1.79. The van der Waals surface area contributed by atoms with Crippen LogP contribution in [0.25, 0.3) is 10.8 Å². The Morgan fingerprint density at radius 2 is 2.00 bits per heavy atom. The van der Waals surface area contributed by atoms with Gasteiger partial charge in [0.2, 0.25) is 0 Å². The normalized spacial score (nSPS) is 12.3. The van der Waals surface area contributed by atoms with E-state index in [0.717, 1.165) is 16.3 Å². The number of hydrogen-bond donors (Lipinski definition) is 0. The molecule has 0 N–H and O–H groups in total. The Morgan fingerprint density at radius 3 is 2.59 bits per heavy atom. The molecule has 0 fully saturated rings. The molecule has 0 unspecified atom stereocenters. The van der Waals surface area contributed by atoms with E-state index >= 15 is 0 Å². The molecule has 0 spiro atoms. The zero-order valence-corrected chi connectivity index (χ0v) is 10.3. The maximum Gasteiger partial charge on any atom is 0.139 e. The van der Waals surface area contributed by atoms with E-state index in [9.17, 15) is 4.39 Å². The van der Waals surface area contributed by atoms with Crippen LogP contribution >= 0.6 is 0 Å². The Labute approximate surface area is 103 Å². The highest BCUT2D eigenvalue weighted by Crippen LogP contribution is 2.32. The van der Waals surface area contributed by atoms with Gasteiger partial charge in [0.25, 0.3) is 0 Å². The van der Waals surface area contributed by atoms with Gasteiger partial charge in [0.05, 0.1) is 6.93 Å². The second-order valence-corrected chi connectivity index (χ2v) is 5.14. The molecule has 17 heavy (non-hydrogen) atoms. The van der Waals surface area contributed by atoms with Crippen LogP contribution in [0.2, 0.25) is 0 Å². The predicted octanol–water partition coefficient (Wildman–Crippen LogP) is 4.26. The minimum Gasteiger partial charge on any atom is -0.206 e. The van der Waals surface area contributed by atoms with E-state index in [-0.39, 0.29) is 17.0 Å². The third kappa shape index (κ3) is 1.91. The van der Waals surface area contributed by atoms with Gasteiger partial charge in [0, 0.05) is 5.39 Å². The highest BCUT2D eigenvalue weighted by atomic mass is 19.1. The monoisotopic (exact) mass is 227 g/mol. The number of benzene rings is 2. The van der Waals surface area contributed by atoms with Gasteiger partial charge in [-0.15, -0.1) is 6.42 Å². The van der Waals surface area contributed by atoms with E-state index < -0.39 is 5.82 Å². The molecular formula is C16H15F. The van der Waals surface area contributed by atoms with Crippen LogP contribution in [-0.4, -0.2) is 0 Å². The van der Waals surface area contributed by atoms with Gasteiger partial charge in [0.1, 0.15) is 5.82 Å². The lowest BCUT2D eigenvalue weighted by Crippen LogP contribution is -2.12. The van der Waals surface area contributed by atoms with Crippen molar-refractivity contribution in [2.45, 2.75) is 26.2 Å². The van der Waals surface area contributed by atoms with Crippen molar-refractivity contribution >= 4 is 10.8 Å². The molecule has 1 heteroatoms. The van der Waals surface area contributed by atoms with E-state index in [2.05, 4.69) is 26.7 Å². The number of rotatable bonds is 0. The van der Waals surface area contributed by atoms with Gasteiger partial charge in [-0.05, 0) is 22.4 Å². The summed E-state index contributed by atoms with van der Waals surface area (Å²) in [7, 11) is 0. The topological polar surface area (TPSA) is 0 Å². The lowest BCUT2D eigenvalue weighted by molar-refractivity contribution is 0.594. The quantitative estimate of drug-likeness (QED) is 0.590. The van der Waals surface area contributed by atoms with Crippen molar-refractivity contribution in [3.63, 3.8) is 0 Å². The summed E-state index contributed by atoms with van der Waals surface area (Å²) < 4.78 is 21.6. The second kappa shape index (κ2) is 3.89. The highest BCUT2D eigenvalue weighted by Gasteiger charge is 2.19. The van der Waals surface area contributed by atoms with Crippen molar-refractivity contribution in [3.8, 4) is 12.3 Å². The summed E-state index contributed by atoms with van der Waals surface area (Å²) in [5, 5.41) is 1.57. The van der Waals surface area contributed by atoms with Gasteiger partial charge in [-0.25, -0.2) is 4.39 Å². The molecule has 0 saturated carbocycles. The first-order valence-corrected chi connectivity index (χ1v) is 5.55. The smallest absolute Gasteiger partial charge is 0.139 e.